The van der Waals surface area contributed by atoms with Crippen LogP contribution in [0.3, 0.4) is 0 Å². The Bertz CT molecular complexity index is 1000. The predicted molar refractivity (Wildman–Crippen MR) is 107 cm³/mol. The average Bonchev–Trinajstić information content (AvgIpc) is 2.84. The molecule has 1 aromatic carbocycles. The molecule has 0 aliphatic heterocycles. The number of hydrogen-bond acceptors (Lipinski definition) is 1. The van der Waals surface area contributed by atoms with Crippen LogP contribution in [0.2, 0.25) is 0 Å². The van der Waals surface area contributed by atoms with E-state index in [1.165, 1.54) is 18.2 Å². The van der Waals surface area contributed by atoms with E-state index in [1.54, 1.807) is 31.3 Å². The van der Waals surface area contributed by atoms with E-state index in [1.807, 2.05) is 18.2 Å². The molecule has 0 unspecified atom stereocenters. The van der Waals surface area contributed by atoms with Crippen LogP contribution in [0.25, 0.3) is 11.6 Å². The number of halogens is 3. The summed E-state index contributed by atoms with van der Waals surface area (Å²) in [6, 6.07) is 10.1. The molecule has 28 heavy (non-hydrogen) atoms. The van der Waals surface area contributed by atoms with Crippen molar-refractivity contribution >= 4 is 11.6 Å². The highest BCUT2D eigenvalue weighted by Gasteiger charge is 2.19. The van der Waals surface area contributed by atoms with E-state index >= 15 is 0 Å². The summed E-state index contributed by atoms with van der Waals surface area (Å²) in [5.74, 6) is 6.06. The van der Waals surface area contributed by atoms with E-state index in [2.05, 4.69) is 16.8 Å². The first-order valence-corrected chi connectivity index (χ1v) is 9.07. The first kappa shape index (κ1) is 19.7. The smallest absolute Gasteiger partial charge is 0.261 e. The van der Waals surface area contributed by atoms with Crippen LogP contribution in [-0.4, -0.2) is 11.7 Å². The molecule has 3 rings (SSSR count). The molecule has 1 aliphatic rings. The Balaban J connectivity index is 2.26. The van der Waals surface area contributed by atoms with Gasteiger partial charge in [0.15, 0.2) is 0 Å². The summed E-state index contributed by atoms with van der Waals surface area (Å²) in [7, 11) is 0. The SMILES string of the molecule is CC#CC1=C(/C=C\CF)/C(=C\c2cccc(C(F)F)c2)c2cccnc2CC1. The molecule has 142 valence electrons. The summed E-state index contributed by atoms with van der Waals surface area (Å²) in [4.78, 5) is 4.49. The topological polar surface area (TPSA) is 12.9 Å². The zero-order chi connectivity index (χ0) is 19.9. The molecule has 0 radical (unpaired) electrons. The number of alkyl halides is 3. The quantitative estimate of drug-likeness (QED) is 0.564. The molecule has 0 atom stereocenters. The highest BCUT2D eigenvalue weighted by atomic mass is 19.3. The van der Waals surface area contributed by atoms with Gasteiger partial charge in [0.05, 0.1) is 0 Å². The fourth-order valence-corrected chi connectivity index (χ4v) is 3.31. The van der Waals surface area contributed by atoms with Gasteiger partial charge in [0, 0.05) is 28.6 Å². The van der Waals surface area contributed by atoms with E-state index in [-0.39, 0.29) is 5.56 Å². The highest BCUT2D eigenvalue weighted by Crippen LogP contribution is 2.36. The molecule has 0 bridgehead atoms. The molecule has 0 saturated heterocycles. The van der Waals surface area contributed by atoms with Gasteiger partial charge in [0.25, 0.3) is 6.43 Å². The lowest BCUT2D eigenvalue weighted by atomic mass is 9.92. The van der Waals surface area contributed by atoms with Crippen molar-refractivity contribution in [2.24, 2.45) is 0 Å². The maximum Gasteiger partial charge on any atom is 0.263 e. The third-order valence-corrected chi connectivity index (χ3v) is 4.53. The molecule has 0 amide bonds. The van der Waals surface area contributed by atoms with Gasteiger partial charge in [0.1, 0.15) is 6.67 Å². The lowest BCUT2D eigenvalue weighted by Crippen LogP contribution is -1.95. The zero-order valence-corrected chi connectivity index (χ0v) is 15.6. The van der Waals surface area contributed by atoms with Gasteiger partial charge in [-0.3, -0.25) is 4.98 Å². The van der Waals surface area contributed by atoms with Crippen molar-refractivity contribution in [1.29, 1.82) is 0 Å². The summed E-state index contributed by atoms with van der Waals surface area (Å²) in [6.07, 6.45) is 5.62. The molecule has 1 heterocycles. The number of nitrogens with zero attached hydrogens (tertiary/aromatic N) is 1. The first-order valence-electron chi connectivity index (χ1n) is 9.07. The minimum absolute atomic E-state index is 0.0345. The summed E-state index contributed by atoms with van der Waals surface area (Å²) in [6.45, 7) is 1.17. The third kappa shape index (κ3) is 4.43. The van der Waals surface area contributed by atoms with Gasteiger partial charge < -0.3 is 0 Å². The summed E-state index contributed by atoms with van der Waals surface area (Å²) >= 11 is 0. The fourth-order valence-electron chi connectivity index (χ4n) is 3.31. The van der Waals surface area contributed by atoms with Gasteiger partial charge in [-0.05, 0) is 54.7 Å². The van der Waals surface area contributed by atoms with Crippen LogP contribution in [0, 0.1) is 11.8 Å². The standard InChI is InChI=1S/C24H20F3N/c1-2-6-18-11-12-23-21(10-5-14-28-23)22(20(18)9-4-13-25)16-17-7-3-8-19(15-17)24(26)27/h3-5,7-10,14-16,24H,11-13H2,1H3/b9-4-,22-16+. The van der Waals surface area contributed by atoms with E-state index in [0.29, 0.717) is 18.4 Å². The van der Waals surface area contributed by atoms with Gasteiger partial charge in [-0.25, -0.2) is 13.2 Å². The molecule has 0 spiro atoms. The molecule has 0 fully saturated rings. The van der Waals surface area contributed by atoms with Crippen molar-refractivity contribution < 1.29 is 13.2 Å². The highest BCUT2D eigenvalue weighted by molar-refractivity contribution is 5.95. The van der Waals surface area contributed by atoms with E-state index < -0.39 is 13.1 Å². The maximum atomic E-state index is 13.1. The van der Waals surface area contributed by atoms with Crippen molar-refractivity contribution in [3.63, 3.8) is 0 Å². The lowest BCUT2D eigenvalue weighted by molar-refractivity contribution is 0.151. The Hall–Kier alpha value is -3.06. The molecule has 1 aliphatic carbocycles. The molecular formula is C24H20F3N. The average molecular weight is 379 g/mol. The van der Waals surface area contributed by atoms with Crippen LogP contribution in [0.1, 0.15) is 42.2 Å². The molecular weight excluding hydrogens is 359 g/mol. The van der Waals surface area contributed by atoms with Crippen LogP contribution in [-0.2, 0) is 6.42 Å². The number of hydrogen-bond donors (Lipinski definition) is 0. The number of allylic oxidation sites excluding steroid dienone is 5. The van der Waals surface area contributed by atoms with Crippen LogP contribution in [0.15, 0.2) is 65.9 Å². The van der Waals surface area contributed by atoms with Gasteiger partial charge in [-0.1, -0.05) is 42.3 Å². The third-order valence-electron chi connectivity index (χ3n) is 4.53. The molecule has 1 nitrogen and oxygen atoms in total. The lowest BCUT2D eigenvalue weighted by Gasteiger charge is -2.12. The fraction of sp³-hybridized carbons (Fsp3) is 0.208. The monoisotopic (exact) mass is 379 g/mol. The second-order valence-corrected chi connectivity index (χ2v) is 6.35. The first-order chi connectivity index (χ1) is 13.6. The Morgan fingerprint density at radius 1 is 1.18 bits per heavy atom. The number of aromatic nitrogens is 1. The van der Waals surface area contributed by atoms with Gasteiger partial charge in [-0.15, -0.1) is 5.92 Å². The molecule has 0 saturated carbocycles. The van der Waals surface area contributed by atoms with E-state index in [0.717, 1.165) is 28.0 Å². The van der Waals surface area contributed by atoms with Crippen LogP contribution in [0.4, 0.5) is 13.2 Å². The largest absolute Gasteiger partial charge is 0.263 e. The van der Waals surface area contributed by atoms with Crippen LogP contribution in [0.5, 0.6) is 0 Å². The van der Waals surface area contributed by atoms with Crippen molar-refractivity contribution in [2.75, 3.05) is 6.67 Å². The minimum atomic E-state index is -2.54. The summed E-state index contributed by atoms with van der Waals surface area (Å²) in [5, 5.41) is 0. The second-order valence-electron chi connectivity index (χ2n) is 6.35. The Morgan fingerprint density at radius 3 is 2.79 bits per heavy atom. The van der Waals surface area contributed by atoms with E-state index in [9.17, 15) is 13.2 Å². The van der Waals surface area contributed by atoms with Crippen LogP contribution >= 0.6 is 0 Å². The Kier molecular flexibility index (Phi) is 6.49. The number of pyridine rings is 1. The van der Waals surface area contributed by atoms with Gasteiger partial charge in [-0.2, -0.15) is 0 Å². The van der Waals surface area contributed by atoms with Gasteiger partial charge in [0.2, 0.25) is 0 Å². The molecule has 0 N–H and O–H groups in total. The molecule has 2 aromatic rings. The number of benzene rings is 1. The van der Waals surface area contributed by atoms with Gasteiger partial charge >= 0.3 is 0 Å². The van der Waals surface area contributed by atoms with Crippen molar-refractivity contribution in [1.82, 2.24) is 4.98 Å². The van der Waals surface area contributed by atoms with Crippen LogP contribution < -0.4 is 0 Å². The zero-order valence-electron chi connectivity index (χ0n) is 15.6. The number of aryl methyl sites for hydroxylation is 1. The van der Waals surface area contributed by atoms with Crippen molar-refractivity contribution in [3.8, 4) is 11.8 Å². The number of rotatable bonds is 4. The van der Waals surface area contributed by atoms with Crippen molar-refractivity contribution in [3.05, 3.63) is 88.3 Å². The Morgan fingerprint density at radius 2 is 2.04 bits per heavy atom. The van der Waals surface area contributed by atoms with Crippen molar-refractivity contribution in [2.45, 2.75) is 26.2 Å². The summed E-state index contributed by atoms with van der Waals surface area (Å²) in [5.41, 5.74) is 4.96. The second kappa shape index (κ2) is 9.23. The van der Waals surface area contributed by atoms with E-state index in [4.69, 9.17) is 0 Å². The molecule has 4 heteroatoms. The summed E-state index contributed by atoms with van der Waals surface area (Å²) < 4.78 is 39.1. The minimum Gasteiger partial charge on any atom is -0.261 e. The predicted octanol–water partition coefficient (Wildman–Crippen LogP) is 6.35. The normalized spacial score (nSPS) is 15.5. The number of fused-ring (bicyclic) bond motifs is 1. The molecule has 1 aromatic heterocycles. The Labute approximate surface area is 163 Å². The maximum absolute atomic E-state index is 13.1.